The molecule has 1 aromatic heterocycles. The maximum Gasteiger partial charge on any atom is 0.355 e. The molecular formula is C17H18BrNO5. The van der Waals surface area contributed by atoms with Gasteiger partial charge in [-0.25, -0.2) is 4.79 Å². The molecule has 1 heterocycles. The minimum atomic E-state index is -0.520. The van der Waals surface area contributed by atoms with Crippen LogP contribution in [0.2, 0.25) is 0 Å². The zero-order valence-corrected chi connectivity index (χ0v) is 15.5. The summed E-state index contributed by atoms with van der Waals surface area (Å²) in [4.78, 5) is 23.7. The van der Waals surface area contributed by atoms with Gasteiger partial charge in [-0.15, -0.1) is 0 Å². The van der Waals surface area contributed by atoms with Gasteiger partial charge in [-0.2, -0.15) is 0 Å². The number of rotatable bonds is 6. The molecule has 0 unspecified atom stereocenters. The van der Waals surface area contributed by atoms with Crippen LogP contribution in [0.15, 0.2) is 28.9 Å². The van der Waals surface area contributed by atoms with Crippen molar-refractivity contribution in [3.05, 3.63) is 45.7 Å². The van der Waals surface area contributed by atoms with Crippen LogP contribution in [0.25, 0.3) is 0 Å². The molecule has 0 saturated heterocycles. The quantitative estimate of drug-likeness (QED) is 0.554. The van der Waals surface area contributed by atoms with E-state index in [9.17, 15) is 9.59 Å². The lowest BCUT2D eigenvalue weighted by Gasteiger charge is -2.12. The van der Waals surface area contributed by atoms with Crippen molar-refractivity contribution in [2.24, 2.45) is 7.05 Å². The third kappa shape index (κ3) is 3.79. The van der Waals surface area contributed by atoms with Gasteiger partial charge in [0, 0.05) is 24.4 Å². The number of ether oxygens (including phenoxy) is 3. The number of aromatic nitrogens is 1. The zero-order valence-electron chi connectivity index (χ0n) is 13.9. The number of benzene rings is 1. The van der Waals surface area contributed by atoms with E-state index in [-0.39, 0.29) is 12.4 Å². The Hall–Kier alpha value is -2.28. The Morgan fingerprint density at radius 2 is 1.79 bits per heavy atom. The first-order valence-electron chi connectivity index (χ1n) is 7.12. The summed E-state index contributed by atoms with van der Waals surface area (Å²) >= 11 is 3.38. The van der Waals surface area contributed by atoms with Gasteiger partial charge in [0.2, 0.25) is 0 Å². The summed E-state index contributed by atoms with van der Waals surface area (Å²) in [6, 6.07) is 5.00. The third-order valence-electron chi connectivity index (χ3n) is 3.53. The van der Waals surface area contributed by atoms with Crippen LogP contribution < -0.4 is 9.47 Å². The normalized spacial score (nSPS) is 10.4. The Morgan fingerprint density at radius 1 is 1.12 bits per heavy atom. The second kappa shape index (κ2) is 7.53. The third-order valence-corrected chi connectivity index (χ3v) is 4.15. The Kier molecular flexibility index (Phi) is 5.66. The standard InChI is InChI=1S/C17H18BrNO5/c1-10(20)11-5-14(19(2)8-11)17(21)24-9-12-6-16(23-4)13(18)7-15(12)22-3/h5-8H,9H2,1-4H3. The number of ketones is 1. The van der Waals surface area contributed by atoms with E-state index in [2.05, 4.69) is 15.9 Å². The monoisotopic (exact) mass is 395 g/mol. The molecule has 2 aromatic rings. The van der Waals surface area contributed by atoms with Crippen LogP contribution in [-0.2, 0) is 18.4 Å². The van der Waals surface area contributed by atoms with Crippen molar-refractivity contribution in [1.29, 1.82) is 0 Å². The van der Waals surface area contributed by atoms with Gasteiger partial charge in [-0.3, -0.25) is 4.79 Å². The van der Waals surface area contributed by atoms with Gasteiger partial charge >= 0.3 is 5.97 Å². The summed E-state index contributed by atoms with van der Waals surface area (Å²) in [7, 11) is 4.78. The van der Waals surface area contributed by atoms with Crippen LogP contribution in [0.1, 0.15) is 33.3 Å². The van der Waals surface area contributed by atoms with Gasteiger partial charge in [-0.05, 0) is 41.1 Å². The fourth-order valence-corrected chi connectivity index (χ4v) is 2.70. The average Bonchev–Trinajstić information content (AvgIpc) is 2.95. The van der Waals surface area contributed by atoms with Crippen molar-refractivity contribution in [3.8, 4) is 11.5 Å². The highest BCUT2D eigenvalue weighted by Gasteiger charge is 2.17. The predicted molar refractivity (Wildman–Crippen MR) is 91.8 cm³/mol. The van der Waals surface area contributed by atoms with Crippen molar-refractivity contribution in [2.75, 3.05) is 14.2 Å². The van der Waals surface area contributed by atoms with Gasteiger partial charge in [0.1, 0.15) is 23.8 Å². The first kappa shape index (κ1) is 18.1. The number of hydrogen-bond acceptors (Lipinski definition) is 5. The predicted octanol–water partition coefficient (Wildman–Crippen LogP) is 3.36. The maximum absolute atomic E-state index is 12.3. The van der Waals surface area contributed by atoms with Gasteiger partial charge < -0.3 is 18.8 Å². The summed E-state index contributed by atoms with van der Waals surface area (Å²) in [5, 5.41) is 0. The number of hydrogen-bond donors (Lipinski definition) is 0. The summed E-state index contributed by atoms with van der Waals surface area (Å²) in [5.41, 5.74) is 1.45. The van der Waals surface area contributed by atoms with Crippen molar-refractivity contribution in [3.63, 3.8) is 0 Å². The first-order valence-corrected chi connectivity index (χ1v) is 7.91. The molecule has 0 aliphatic rings. The van der Waals surface area contributed by atoms with Crippen LogP contribution in [0.4, 0.5) is 0 Å². The second-order valence-corrected chi connectivity index (χ2v) is 6.01. The molecule has 128 valence electrons. The SMILES string of the molecule is COc1cc(COC(=O)c2cc(C(C)=O)cn2C)c(OC)cc1Br. The molecule has 0 spiro atoms. The van der Waals surface area contributed by atoms with Gasteiger partial charge in [0.15, 0.2) is 5.78 Å². The molecule has 0 aliphatic carbocycles. The Balaban J connectivity index is 2.18. The van der Waals surface area contributed by atoms with Gasteiger partial charge in [-0.1, -0.05) is 0 Å². The fraction of sp³-hybridized carbons (Fsp3) is 0.294. The molecule has 0 atom stereocenters. The fourth-order valence-electron chi connectivity index (χ4n) is 2.21. The summed E-state index contributed by atoms with van der Waals surface area (Å²) in [6.45, 7) is 1.47. The zero-order chi connectivity index (χ0) is 17.9. The topological polar surface area (TPSA) is 66.8 Å². The minimum absolute atomic E-state index is 0.0201. The molecule has 0 radical (unpaired) electrons. The van der Waals surface area contributed by atoms with E-state index >= 15 is 0 Å². The maximum atomic E-state index is 12.3. The number of esters is 1. The van der Waals surface area contributed by atoms with Crippen molar-refractivity contribution in [1.82, 2.24) is 4.57 Å². The number of Topliss-reactive ketones (excluding diaryl/α,β-unsaturated/α-hetero) is 1. The van der Waals surface area contributed by atoms with E-state index in [4.69, 9.17) is 14.2 Å². The molecular weight excluding hydrogens is 378 g/mol. The number of aryl methyl sites for hydroxylation is 1. The number of nitrogens with zero attached hydrogens (tertiary/aromatic N) is 1. The molecule has 1 aromatic carbocycles. The largest absolute Gasteiger partial charge is 0.496 e. The molecule has 0 N–H and O–H groups in total. The number of halogens is 1. The van der Waals surface area contributed by atoms with Crippen LogP contribution >= 0.6 is 15.9 Å². The van der Waals surface area contributed by atoms with Crippen molar-refractivity contribution in [2.45, 2.75) is 13.5 Å². The van der Waals surface area contributed by atoms with Crippen LogP contribution in [0.5, 0.6) is 11.5 Å². The molecule has 0 saturated carbocycles. The highest BCUT2D eigenvalue weighted by atomic mass is 79.9. The number of carbonyl (C=O) groups excluding carboxylic acids is 2. The van der Waals surface area contributed by atoms with Crippen LogP contribution in [0, 0.1) is 0 Å². The van der Waals surface area contributed by atoms with Crippen LogP contribution in [0.3, 0.4) is 0 Å². The lowest BCUT2D eigenvalue weighted by molar-refractivity contribution is 0.0458. The molecule has 0 fully saturated rings. The summed E-state index contributed by atoms with van der Waals surface area (Å²) in [5.74, 6) is 0.560. The molecule has 0 bridgehead atoms. The molecule has 0 amide bonds. The molecule has 6 nitrogen and oxygen atoms in total. The van der Waals surface area contributed by atoms with Crippen molar-refractivity contribution >= 4 is 27.7 Å². The Bertz CT molecular complexity index is 782. The highest BCUT2D eigenvalue weighted by molar-refractivity contribution is 9.10. The molecule has 2 rings (SSSR count). The average molecular weight is 396 g/mol. The van der Waals surface area contributed by atoms with Crippen molar-refractivity contribution < 1.29 is 23.8 Å². The minimum Gasteiger partial charge on any atom is -0.496 e. The van der Waals surface area contributed by atoms with E-state index < -0.39 is 5.97 Å². The number of carbonyl (C=O) groups is 2. The van der Waals surface area contributed by atoms with E-state index in [0.29, 0.717) is 28.3 Å². The Morgan fingerprint density at radius 3 is 2.33 bits per heavy atom. The molecule has 24 heavy (non-hydrogen) atoms. The lowest BCUT2D eigenvalue weighted by atomic mass is 10.2. The summed E-state index contributed by atoms with van der Waals surface area (Å²) in [6.07, 6.45) is 1.60. The molecule has 7 heteroatoms. The lowest BCUT2D eigenvalue weighted by Crippen LogP contribution is -2.10. The van der Waals surface area contributed by atoms with E-state index in [1.807, 2.05) is 0 Å². The van der Waals surface area contributed by atoms with E-state index in [1.54, 1.807) is 37.1 Å². The summed E-state index contributed by atoms with van der Waals surface area (Å²) < 4.78 is 18.2. The smallest absolute Gasteiger partial charge is 0.355 e. The highest BCUT2D eigenvalue weighted by Crippen LogP contribution is 2.33. The van der Waals surface area contributed by atoms with Gasteiger partial charge in [0.25, 0.3) is 0 Å². The Labute approximate surface area is 148 Å². The molecule has 0 aliphatic heterocycles. The second-order valence-electron chi connectivity index (χ2n) is 5.16. The van der Waals surface area contributed by atoms with E-state index in [0.717, 1.165) is 4.47 Å². The number of methoxy groups -OCH3 is 2. The van der Waals surface area contributed by atoms with E-state index in [1.165, 1.54) is 20.1 Å². The van der Waals surface area contributed by atoms with Gasteiger partial charge in [0.05, 0.1) is 18.7 Å². The van der Waals surface area contributed by atoms with Crippen LogP contribution in [-0.4, -0.2) is 30.5 Å². The first-order chi connectivity index (χ1) is 11.4.